The number of hydrogen-bond donors (Lipinski definition) is 0. The minimum atomic E-state index is -0.152. The van der Waals surface area contributed by atoms with Crippen LogP contribution in [0.4, 0.5) is 5.13 Å². The second kappa shape index (κ2) is 7.59. The Morgan fingerprint density at radius 2 is 2.35 bits per heavy atom. The van der Waals surface area contributed by atoms with Crippen molar-refractivity contribution in [3.8, 4) is 0 Å². The summed E-state index contributed by atoms with van der Waals surface area (Å²) in [5, 5.41) is 3.08. The number of anilines is 1. The van der Waals surface area contributed by atoms with Crippen molar-refractivity contribution >= 4 is 22.4 Å². The second-order valence-electron chi connectivity index (χ2n) is 4.84. The molecule has 0 spiro atoms. The van der Waals surface area contributed by atoms with Gasteiger partial charge in [0.25, 0.3) is 0 Å². The number of methoxy groups -OCH3 is 1. The van der Waals surface area contributed by atoms with E-state index in [-0.39, 0.29) is 5.97 Å². The summed E-state index contributed by atoms with van der Waals surface area (Å²) in [6, 6.07) is 0.620. The van der Waals surface area contributed by atoms with E-state index >= 15 is 0 Å². The first-order valence-electron chi connectivity index (χ1n) is 7.10. The molecule has 1 aromatic rings. The van der Waals surface area contributed by atoms with Crippen molar-refractivity contribution < 1.29 is 14.3 Å². The lowest BCUT2D eigenvalue weighted by Gasteiger charge is -2.20. The Kier molecular flexibility index (Phi) is 5.79. The summed E-state index contributed by atoms with van der Waals surface area (Å²) < 4.78 is 10.1. The highest BCUT2D eigenvalue weighted by Crippen LogP contribution is 2.33. The number of rotatable bonds is 9. The van der Waals surface area contributed by atoms with Crippen LogP contribution in [0.25, 0.3) is 0 Å². The van der Waals surface area contributed by atoms with Crippen molar-refractivity contribution in [1.29, 1.82) is 0 Å². The number of ether oxygens (including phenoxy) is 2. The zero-order chi connectivity index (χ0) is 14.4. The van der Waals surface area contributed by atoms with Crippen LogP contribution in [0.3, 0.4) is 0 Å². The lowest BCUT2D eigenvalue weighted by Crippen LogP contribution is -2.29. The van der Waals surface area contributed by atoms with Crippen molar-refractivity contribution in [2.24, 2.45) is 0 Å². The zero-order valence-electron chi connectivity index (χ0n) is 12.1. The number of carbonyl (C=O) groups excluding carboxylic acids is 1. The number of nitrogens with zero attached hydrogens (tertiary/aromatic N) is 2. The first-order valence-corrected chi connectivity index (χ1v) is 7.98. The number of esters is 1. The summed E-state index contributed by atoms with van der Waals surface area (Å²) in [5.74, 6) is -0.152. The molecule has 0 aliphatic heterocycles. The molecule has 2 rings (SSSR count). The molecule has 1 heterocycles. The van der Waals surface area contributed by atoms with E-state index in [2.05, 4.69) is 9.88 Å². The maximum atomic E-state index is 11.3. The molecule has 0 radical (unpaired) electrons. The largest absolute Gasteiger partial charge is 0.466 e. The topological polar surface area (TPSA) is 51.7 Å². The zero-order valence-corrected chi connectivity index (χ0v) is 12.9. The fraction of sp³-hybridized carbons (Fsp3) is 0.714. The summed E-state index contributed by atoms with van der Waals surface area (Å²) in [7, 11) is 1.72. The molecule has 112 valence electrons. The molecule has 1 aliphatic rings. The van der Waals surface area contributed by atoms with Crippen LogP contribution in [0.5, 0.6) is 0 Å². The number of carbonyl (C=O) groups is 1. The molecule has 6 heteroatoms. The average Bonchev–Trinajstić information content (AvgIpc) is 3.16. The van der Waals surface area contributed by atoms with Gasteiger partial charge in [0.15, 0.2) is 5.13 Å². The Balaban J connectivity index is 1.87. The first kappa shape index (κ1) is 15.3. The Hall–Kier alpha value is -1.14. The third-order valence-corrected chi connectivity index (χ3v) is 4.13. The van der Waals surface area contributed by atoms with Gasteiger partial charge in [0.05, 0.1) is 25.3 Å². The van der Waals surface area contributed by atoms with Crippen LogP contribution in [0.1, 0.15) is 31.9 Å². The lowest BCUT2D eigenvalue weighted by atomic mass is 10.2. The van der Waals surface area contributed by atoms with Crippen molar-refractivity contribution in [2.45, 2.75) is 38.6 Å². The van der Waals surface area contributed by atoms with Crippen LogP contribution < -0.4 is 4.90 Å². The summed E-state index contributed by atoms with van der Waals surface area (Å²) in [6.45, 7) is 3.86. The molecule has 1 aromatic heterocycles. The molecule has 0 aromatic carbocycles. The highest BCUT2D eigenvalue weighted by atomic mass is 32.1. The SMILES string of the molecule is CCOC(=O)CCc1csc(N(CCOC)C2CC2)n1. The van der Waals surface area contributed by atoms with Gasteiger partial charge >= 0.3 is 5.97 Å². The monoisotopic (exact) mass is 298 g/mol. The smallest absolute Gasteiger partial charge is 0.306 e. The van der Waals surface area contributed by atoms with E-state index in [0.29, 0.717) is 32.1 Å². The van der Waals surface area contributed by atoms with E-state index in [4.69, 9.17) is 9.47 Å². The first-order chi connectivity index (χ1) is 9.74. The Morgan fingerprint density at radius 1 is 1.55 bits per heavy atom. The number of aromatic nitrogens is 1. The van der Waals surface area contributed by atoms with E-state index in [9.17, 15) is 4.79 Å². The van der Waals surface area contributed by atoms with Crippen LogP contribution in [0.2, 0.25) is 0 Å². The van der Waals surface area contributed by atoms with Gasteiger partial charge in [-0.25, -0.2) is 4.98 Å². The third kappa shape index (κ3) is 4.45. The van der Waals surface area contributed by atoms with Gasteiger partial charge in [-0.1, -0.05) is 0 Å². The van der Waals surface area contributed by atoms with Crippen molar-refractivity contribution in [3.05, 3.63) is 11.1 Å². The molecule has 0 saturated heterocycles. The Morgan fingerprint density at radius 3 is 3.00 bits per heavy atom. The van der Waals surface area contributed by atoms with Crippen LogP contribution >= 0.6 is 11.3 Å². The van der Waals surface area contributed by atoms with E-state index in [0.717, 1.165) is 17.4 Å². The fourth-order valence-corrected chi connectivity index (χ4v) is 2.97. The van der Waals surface area contributed by atoms with Crippen molar-refractivity contribution in [2.75, 3.05) is 31.8 Å². The Bertz CT molecular complexity index is 432. The molecular weight excluding hydrogens is 276 g/mol. The van der Waals surface area contributed by atoms with Gasteiger partial charge in [0.2, 0.25) is 0 Å². The summed E-state index contributed by atoms with van der Waals surface area (Å²) in [4.78, 5) is 18.3. The minimum Gasteiger partial charge on any atom is -0.466 e. The third-order valence-electron chi connectivity index (χ3n) is 3.20. The summed E-state index contributed by atoms with van der Waals surface area (Å²) >= 11 is 1.65. The van der Waals surface area contributed by atoms with Crippen LogP contribution in [0.15, 0.2) is 5.38 Å². The second-order valence-corrected chi connectivity index (χ2v) is 5.68. The summed E-state index contributed by atoms with van der Waals surface area (Å²) in [6.07, 6.45) is 3.53. The molecule has 20 heavy (non-hydrogen) atoms. The predicted molar refractivity (Wildman–Crippen MR) is 79.3 cm³/mol. The van der Waals surface area contributed by atoms with Gasteiger partial charge in [0.1, 0.15) is 0 Å². The molecule has 0 atom stereocenters. The molecule has 0 bridgehead atoms. The van der Waals surface area contributed by atoms with Crippen LogP contribution in [-0.2, 0) is 20.7 Å². The van der Waals surface area contributed by atoms with Crippen LogP contribution in [-0.4, -0.2) is 43.9 Å². The van der Waals surface area contributed by atoms with Crippen molar-refractivity contribution in [1.82, 2.24) is 4.98 Å². The maximum Gasteiger partial charge on any atom is 0.306 e. The molecule has 0 amide bonds. The van der Waals surface area contributed by atoms with Gasteiger partial charge < -0.3 is 14.4 Å². The van der Waals surface area contributed by atoms with Crippen LogP contribution in [0, 0.1) is 0 Å². The predicted octanol–water partition coefficient (Wildman–Crippen LogP) is 2.25. The molecule has 1 aliphatic carbocycles. The van der Waals surface area contributed by atoms with Gasteiger partial charge in [-0.05, 0) is 19.8 Å². The van der Waals surface area contributed by atoms with Gasteiger partial charge in [-0.3, -0.25) is 4.79 Å². The quantitative estimate of drug-likeness (QED) is 0.655. The number of thiazole rings is 1. The van der Waals surface area contributed by atoms with Crippen molar-refractivity contribution in [3.63, 3.8) is 0 Å². The molecule has 0 N–H and O–H groups in total. The normalized spacial score (nSPS) is 14.3. The molecule has 0 unspecified atom stereocenters. The van der Waals surface area contributed by atoms with E-state index in [1.807, 2.05) is 12.3 Å². The highest BCUT2D eigenvalue weighted by molar-refractivity contribution is 7.13. The standard InChI is InChI=1S/C14H22N2O3S/c1-3-19-13(17)7-4-11-10-20-14(15-11)16(8-9-18-2)12-5-6-12/h10,12H,3-9H2,1-2H3. The van der Waals surface area contributed by atoms with Gasteiger partial charge in [0, 0.05) is 31.5 Å². The van der Waals surface area contributed by atoms with E-state index in [1.54, 1.807) is 18.4 Å². The van der Waals surface area contributed by atoms with E-state index < -0.39 is 0 Å². The Labute approximate surface area is 123 Å². The van der Waals surface area contributed by atoms with Gasteiger partial charge in [-0.15, -0.1) is 11.3 Å². The van der Waals surface area contributed by atoms with Gasteiger partial charge in [-0.2, -0.15) is 0 Å². The molecule has 5 nitrogen and oxygen atoms in total. The summed E-state index contributed by atoms with van der Waals surface area (Å²) in [5.41, 5.74) is 0.973. The minimum absolute atomic E-state index is 0.152. The number of hydrogen-bond acceptors (Lipinski definition) is 6. The average molecular weight is 298 g/mol. The molecule has 1 fully saturated rings. The molecular formula is C14H22N2O3S. The number of aryl methyl sites for hydroxylation is 1. The lowest BCUT2D eigenvalue weighted by molar-refractivity contribution is -0.143. The van der Waals surface area contributed by atoms with E-state index in [1.165, 1.54) is 12.8 Å². The molecule has 1 saturated carbocycles. The fourth-order valence-electron chi connectivity index (χ4n) is 2.02. The highest BCUT2D eigenvalue weighted by Gasteiger charge is 2.30. The maximum absolute atomic E-state index is 11.3.